The Balaban J connectivity index is 1.86. The van der Waals surface area contributed by atoms with Crippen molar-refractivity contribution >= 4 is 11.6 Å². The molecule has 2 N–H and O–H groups in total. The van der Waals surface area contributed by atoms with Gasteiger partial charge in [-0.05, 0) is 60.2 Å². The molecule has 3 nitrogen and oxygen atoms in total. The van der Waals surface area contributed by atoms with Gasteiger partial charge < -0.3 is 10.2 Å². The lowest BCUT2D eigenvalue weighted by atomic mass is 9.57. The SMILES string of the molecule is C=CCN1CCc2cc(O)c(O)cc2C1C1(c2ccc(Cl)cc2)CCC1. The Morgan fingerprint density at radius 1 is 1.15 bits per heavy atom. The third kappa shape index (κ3) is 2.70. The normalized spacial score (nSPS) is 21.7. The van der Waals surface area contributed by atoms with Crippen LogP contribution in [0.4, 0.5) is 0 Å². The zero-order valence-corrected chi connectivity index (χ0v) is 15.5. The van der Waals surface area contributed by atoms with E-state index in [4.69, 9.17) is 11.6 Å². The average Bonchev–Trinajstić information content (AvgIpc) is 2.59. The predicted molar refractivity (Wildman–Crippen MR) is 105 cm³/mol. The standard InChI is InChI=1S/C22H24ClNO2/c1-2-11-24-12-8-15-13-19(25)20(26)14-18(15)21(24)22(9-3-10-22)16-4-6-17(23)7-5-16/h2,4-7,13-14,21,25-26H,1,3,8-12H2. The highest BCUT2D eigenvalue weighted by atomic mass is 35.5. The molecular weight excluding hydrogens is 346 g/mol. The number of rotatable bonds is 4. The number of nitrogens with zero attached hydrogens (tertiary/aromatic N) is 1. The number of benzene rings is 2. The van der Waals surface area contributed by atoms with Gasteiger partial charge in [0.25, 0.3) is 0 Å². The van der Waals surface area contributed by atoms with Crippen LogP contribution in [0.2, 0.25) is 5.02 Å². The molecule has 0 bridgehead atoms. The second-order valence-electron chi connectivity index (χ2n) is 7.49. The first-order valence-corrected chi connectivity index (χ1v) is 9.59. The molecule has 1 aliphatic carbocycles. The summed E-state index contributed by atoms with van der Waals surface area (Å²) in [5.74, 6) is -0.0754. The molecule has 0 spiro atoms. The highest BCUT2D eigenvalue weighted by molar-refractivity contribution is 6.30. The molecule has 2 aromatic carbocycles. The maximum Gasteiger partial charge on any atom is 0.157 e. The van der Waals surface area contributed by atoms with E-state index in [-0.39, 0.29) is 23.0 Å². The molecule has 0 radical (unpaired) electrons. The second kappa shape index (κ2) is 6.64. The summed E-state index contributed by atoms with van der Waals surface area (Å²) in [5, 5.41) is 20.9. The quantitative estimate of drug-likeness (QED) is 0.591. The van der Waals surface area contributed by atoms with Gasteiger partial charge in [0, 0.05) is 29.6 Å². The third-order valence-corrected chi connectivity index (χ3v) is 6.37. The molecule has 4 heteroatoms. The Hall–Kier alpha value is -1.97. The number of phenolic OH excluding ortho intramolecular Hbond substituents is 2. The number of aromatic hydroxyl groups is 2. The minimum Gasteiger partial charge on any atom is -0.504 e. The first-order valence-electron chi connectivity index (χ1n) is 9.21. The maximum atomic E-state index is 10.2. The number of hydrogen-bond acceptors (Lipinski definition) is 3. The van der Waals surface area contributed by atoms with Gasteiger partial charge in [0.2, 0.25) is 0 Å². The van der Waals surface area contributed by atoms with Crippen molar-refractivity contribution in [3.63, 3.8) is 0 Å². The predicted octanol–water partition coefficient (Wildman–Crippen LogP) is 4.96. The Bertz CT molecular complexity index is 827. The smallest absolute Gasteiger partial charge is 0.157 e. The van der Waals surface area contributed by atoms with E-state index < -0.39 is 0 Å². The van der Waals surface area contributed by atoms with E-state index in [0.717, 1.165) is 48.5 Å². The Morgan fingerprint density at radius 2 is 1.85 bits per heavy atom. The van der Waals surface area contributed by atoms with Gasteiger partial charge in [-0.25, -0.2) is 0 Å². The highest BCUT2D eigenvalue weighted by Gasteiger charge is 2.50. The van der Waals surface area contributed by atoms with Gasteiger partial charge in [-0.1, -0.05) is 36.2 Å². The van der Waals surface area contributed by atoms with Gasteiger partial charge in [-0.15, -0.1) is 6.58 Å². The van der Waals surface area contributed by atoms with E-state index in [1.165, 1.54) is 12.0 Å². The molecule has 2 aliphatic rings. The molecule has 136 valence electrons. The van der Waals surface area contributed by atoms with E-state index in [1.807, 2.05) is 18.2 Å². The molecule has 1 atom stereocenters. The largest absolute Gasteiger partial charge is 0.504 e. The van der Waals surface area contributed by atoms with Crippen molar-refractivity contribution < 1.29 is 10.2 Å². The molecule has 0 amide bonds. The third-order valence-electron chi connectivity index (χ3n) is 6.12. The van der Waals surface area contributed by atoms with Crippen LogP contribution in [0.5, 0.6) is 11.5 Å². The van der Waals surface area contributed by atoms with Crippen molar-refractivity contribution in [1.82, 2.24) is 4.90 Å². The van der Waals surface area contributed by atoms with Gasteiger partial charge in [0.15, 0.2) is 11.5 Å². The fourth-order valence-corrected chi connectivity index (χ4v) is 4.89. The minimum absolute atomic E-state index is 0.00613. The molecule has 0 aromatic heterocycles. The Morgan fingerprint density at radius 3 is 2.46 bits per heavy atom. The highest BCUT2D eigenvalue weighted by Crippen LogP contribution is 2.56. The zero-order chi connectivity index (χ0) is 18.3. The fraction of sp³-hybridized carbons (Fsp3) is 0.364. The van der Waals surface area contributed by atoms with E-state index >= 15 is 0 Å². The lowest BCUT2D eigenvalue weighted by Gasteiger charge is -2.54. The van der Waals surface area contributed by atoms with E-state index in [9.17, 15) is 10.2 Å². The monoisotopic (exact) mass is 369 g/mol. The first-order chi connectivity index (χ1) is 12.5. The van der Waals surface area contributed by atoms with Gasteiger partial charge in [0.1, 0.15) is 0 Å². The van der Waals surface area contributed by atoms with Crippen molar-refractivity contribution in [2.45, 2.75) is 37.1 Å². The Labute approximate surface area is 159 Å². The molecule has 1 fully saturated rings. The van der Waals surface area contributed by atoms with Crippen molar-refractivity contribution in [3.05, 3.63) is 70.8 Å². The molecule has 1 saturated carbocycles. The maximum absolute atomic E-state index is 10.2. The summed E-state index contributed by atoms with van der Waals surface area (Å²) in [6.45, 7) is 5.67. The van der Waals surface area contributed by atoms with E-state index in [0.29, 0.717) is 0 Å². The topological polar surface area (TPSA) is 43.7 Å². The summed E-state index contributed by atoms with van der Waals surface area (Å²) in [6, 6.07) is 11.9. The summed E-state index contributed by atoms with van der Waals surface area (Å²) >= 11 is 6.12. The molecular formula is C22H24ClNO2. The van der Waals surface area contributed by atoms with Gasteiger partial charge in [-0.3, -0.25) is 4.90 Å². The molecule has 26 heavy (non-hydrogen) atoms. The minimum atomic E-state index is -0.0419. The van der Waals surface area contributed by atoms with Crippen molar-refractivity contribution in [3.8, 4) is 11.5 Å². The van der Waals surface area contributed by atoms with Crippen LogP contribution in [-0.4, -0.2) is 28.2 Å². The van der Waals surface area contributed by atoms with E-state index in [1.54, 1.807) is 12.1 Å². The number of fused-ring (bicyclic) bond motifs is 1. The van der Waals surface area contributed by atoms with Crippen LogP contribution < -0.4 is 0 Å². The van der Waals surface area contributed by atoms with Crippen molar-refractivity contribution in [2.75, 3.05) is 13.1 Å². The van der Waals surface area contributed by atoms with Crippen molar-refractivity contribution in [2.24, 2.45) is 0 Å². The summed E-state index contributed by atoms with van der Waals surface area (Å²) in [5.41, 5.74) is 3.56. The number of hydrogen-bond donors (Lipinski definition) is 2. The molecule has 1 heterocycles. The molecule has 1 unspecified atom stereocenters. The lowest BCUT2D eigenvalue weighted by molar-refractivity contribution is 0.0608. The second-order valence-corrected chi connectivity index (χ2v) is 7.93. The van der Waals surface area contributed by atoms with Gasteiger partial charge in [-0.2, -0.15) is 0 Å². The van der Waals surface area contributed by atoms with Gasteiger partial charge >= 0.3 is 0 Å². The first kappa shape index (κ1) is 17.4. The number of halogens is 1. The van der Waals surface area contributed by atoms with E-state index in [2.05, 4.69) is 23.6 Å². The summed E-state index contributed by atoms with van der Waals surface area (Å²) < 4.78 is 0. The van der Waals surface area contributed by atoms with Crippen LogP contribution in [0.15, 0.2) is 49.1 Å². The fourth-order valence-electron chi connectivity index (χ4n) is 4.77. The Kier molecular flexibility index (Phi) is 4.45. The van der Waals surface area contributed by atoms with Gasteiger partial charge in [0.05, 0.1) is 0 Å². The van der Waals surface area contributed by atoms with Crippen molar-refractivity contribution in [1.29, 1.82) is 0 Å². The zero-order valence-electron chi connectivity index (χ0n) is 14.8. The van der Waals surface area contributed by atoms with Crippen LogP contribution in [0.1, 0.15) is 42.0 Å². The average molecular weight is 370 g/mol. The summed E-state index contributed by atoms with van der Waals surface area (Å²) in [6.07, 6.45) is 6.22. The molecule has 0 saturated heterocycles. The van der Waals surface area contributed by atoms with Crippen LogP contribution in [0, 0.1) is 0 Å². The van der Waals surface area contributed by atoms with Crippen LogP contribution in [-0.2, 0) is 11.8 Å². The lowest BCUT2D eigenvalue weighted by Crippen LogP contribution is -2.51. The molecule has 2 aromatic rings. The molecule has 4 rings (SSSR count). The molecule has 1 aliphatic heterocycles. The summed E-state index contributed by atoms with van der Waals surface area (Å²) in [4.78, 5) is 2.46. The van der Waals surface area contributed by atoms with Crippen LogP contribution in [0.3, 0.4) is 0 Å². The van der Waals surface area contributed by atoms with Crippen LogP contribution in [0.25, 0.3) is 0 Å². The number of phenols is 2. The summed E-state index contributed by atoms with van der Waals surface area (Å²) in [7, 11) is 0. The van der Waals surface area contributed by atoms with Crippen LogP contribution >= 0.6 is 11.6 Å².